The molecule has 0 fully saturated rings. The second-order valence-electron chi connectivity index (χ2n) is 3.44. The fourth-order valence-corrected chi connectivity index (χ4v) is 1.04. The third-order valence-corrected chi connectivity index (χ3v) is 1.72. The Labute approximate surface area is 82.3 Å². The second kappa shape index (κ2) is 6.47. The first-order valence-electron chi connectivity index (χ1n) is 4.50. The number of hydrogen-bond acceptors (Lipinski definition) is 0. The summed E-state index contributed by atoms with van der Waals surface area (Å²) < 4.78 is 0. The molecule has 0 radical (unpaired) electrons. The summed E-state index contributed by atoms with van der Waals surface area (Å²) in [6.45, 7) is 4.46. The lowest BCUT2D eigenvalue weighted by Gasteiger charge is -1.96. The first-order valence-corrected chi connectivity index (χ1v) is 4.50. The van der Waals surface area contributed by atoms with Crippen LogP contribution in [-0.4, -0.2) is 0 Å². The highest BCUT2D eigenvalue weighted by atomic mass is 13.9. The van der Waals surface area contributed by atoms with Crippen molar-refractivity contribution in [2.45, 2.75) is 27.7 Å². The molecule has 0 unspecified atom stereocenters. The summed E-state index contributed by atoms with van der Waals surface area (Å²) in [5, 5.41) is 0. The first kappa shape index (κ1) is 12.0. The summed E-state index contributed by atoms with van der Waals surface area (Å²) in [4.78, 5) is 0. The smallest absolute Gasteiger partial charge is 0.0260 e. The van der Waals surface area contributed by atoms with Gasteiger partial charge in [-0.2, -0.15) is 0 Å². The molecule has 0 aromatic heterocycles. The number of benzene rings is 1. The van der Waals surface area contributed by atoms with Crippen molar-refractivity contribution in [2.75, 3.05) is 0 Å². The molecule has 0 N–H and O–H groups in total. The third-order valence-electron chi connectivity index (χ3n) is 1.72. The minimum Gasteiger partial charge on any atom is -0.0837 e. The summed E-state index contributed by atoms with van der Waals surface area (Å²) in [7, 11) is 0. The van der Waals surface area contributed by atoms with Gasteiger partial charge in [0.1, 0.15) is 0 Å². The Balaban J connectivity index is 0.00000144. The van der Waals surface area contributed by atoms with Crippen molar-refractivity contribution in [3.63, 3.8) is 0 Å². The molecule has 0 spiro atoms. The molecular formula is C13H20. The Bertz CT molecular complexity index is 231. The van der Waals surface area contributed by atoms with Crippen LogP contribution in [0.2, 0.25) is 0 Å². The first-order chi connectivity index (χ1) is 5.79. The highest BCUT2D eigenvalue weighted by molar-refractivity contribution is 5.48. The minimum absolute atomic E-state index is 0. The van der Waals surface area contributed by atoms with E-state index in [9.17, 15) is 0 Å². The lowest BCUT2D eigenvalue weighted by Crippen LogP contribution is -1.80. The molecular weight excluding hydrogens is 156 g/mol. The van der Waals surface area contributed by atoms with Gasteiger partial charge in [-0.15, -0.1) is 0 Å². The van der Waals surface area contributed by atoms with Crippen molar-refractivity contribution in [3.8, 4) is 0 Å². The maximum atomic E-state index is 2.24. The maximum absolute atomic E-state index is 2.24. The van der Waals surface area contributed by atoms with Crippen molar-refractivity contribution in [1.82, 2.24) is 0 Å². The average Bonchev–Trinajstić information content (AvgIpc) is 2.05. The summed E-state index contributed by atoms with van der Waals surface area (Å²) in [5.74, 6) is 0.755. The van der Waals surface area contributed by atoms with Gasteiger partial charge >= 0.3 is 0 Å². The van der Waals surface area contributed by atoms with E-state index in [0.29, 0.717) is 0 Å². The summed E-state index contributed by atoms with van der Waals surface area (Å²) >= 11 is 0. The van der Waals surface area contributed by atoms with Gasteiger partial charge < -0.3 is 0 Å². The predicted molar refractivity (Wildman–Crippen MR) is 61.7 cm³/mol. The SMILES string of the molecule is C.CC(C)C/C=C/c1ccccc1. The molecule has 0 heteroatoms. The van der Waals surface area contributed by atoms with Crippen LogP contribution in [0.1, 0.15) is 33.3 Å². The van der Waals surface area contributed by atoms with Gasteiger partial charge in [0.25, 0.3) is 0 Å². The Morgan fingerprint density at radius 3 is 2.31 bits per heavy atom. The normalized spacial score (nSPS) is 10.4. The largest absolute Gasteiger partial charge is 0.0837 e. The molecule has 0 atom stereocenters. The Kier molecular flexibility index (Phi) is 5.96. The van der Waals surface area contributed by atoms with Gasteiger partial charge in [-0.1, -0.05) is 63.8 Å². The van der Waals surface area contributed by atoms with E-state index in [4.69, 9.17) is 0 Å². The summed E-state index contributed by atoms with van der Waals surface area (Å²) in [6, 6.07) is 10.4. The zero-order valence-corrected chi connectivity index (χ0v) is 7.83. The van der Waals surface area contributed by atoms with Crippen LogP contribution in [0, 0.1) is 5.92 Å². The van der Waals surface area contributed by atoms with Crippen LogP contribution in [0.25, 0.3) is 6.08 Å². The highest BCUT2D eigenvalue weighted by Crippen LogP contribution is 2.05. The van der Waals surface area contributed by atoms with Crippen LogP contribution >= 0.6 is 0 Å². The fourth-order valence-electron chi connectivity index (χ4n) is 1.04. The molecule has 0 heterocycles. The maximum Gasteiger partial charge on any atom is -0.0260 e. The van der Waals surface area contributed by atoms with Crippen LogP contribution in [-0.2, 0) is 0 Å². The van der Waals surface area contributed by atoms with Crippen LogP contribution in [0.3, 0.4) is 0 Å². The van der Waals surface area contributed by atoms with Crippen molar-refractivity contribution in [2.24, 2.45) is 5.92 Å². The second-order valence-corrected chi connectivity index (χ2v) is 3.44. The molecule has 1 rings (SSSR count). The van der Waals surface area contributed by atoms with E-state index in [2.05, 4.69) is 50.3 Å². The van der Waals surface area contributed by atoms with E-state index in [0.717, 1.165) is 12.3 Å². The molecule has 1 aromatic carbocycles. The van der Waals surface area contributed by atoms with E-state index in [1.807, 2.05) is 6.07 Å². The molecule has 0 saturated heterocycles. The van der Waals surface area contributed by atoms with Gasteiger partial charge in [0.15, 0.2) is 0 Å². The van der Waals surface area contributed by atoms with Gasteiger partial charge in [-0.3, -0.25) is 0 Å². The monoisotopic (exact) mass is 176 g/mol. The highest BCUT2D eigenvalue weighted by Gasteiger charge is 1.87. The van der Waals surface area contributed by atoms with E-state index in [-0.39, 0.29) is 7.43 Å². The minimum atomic E-state index is 0. The summed E-state index contributed by atoms with van der Waals surface area (Å²) in [5.41, 5.74) is 1.29. The molecule has 0 amide bonds. The molecule has 0 aliphatic heterocycles. The topological polar surface area (TPSA) is 0 Å². The Morgan fingerprint density at radius 1 is 1.15 bits per heavy atom. The Hall–Kier alpha value is -1.04. The molecule has 72 valence electrons. The van der Waals surface area contributed by atoms with Crippen LogP contribution in [0.4, 0.5) is 0 Å². The van der Waals surface area contributed by atoms with E-state index in [1.165, 1.54) is 5.56 Å². The average molecular weight is 176 g/mol. The number of rotatable bonds is 3. The lowest BCUT2D eigenvalue weighted by molar-refractivity contribution is 0.665. The van der Waals surface area contributed by atoms with Crippen LogP contribution in [0.5, 0.6) is 0 Å². The van der Waals surface area contributed by atoms with Crippen LogP contribution < -0.4 is 0 Å². The molecule has 0 aliphatic rings. The van der Waals surface area contributed by atoms with Crippen molar-refractivity contribution in [1.29, 1.82) is 0 Å². The standard InChI is InChI=1S/C12H16.CH4/c1-11(2)7-6-10-12-8-4-3-5-9-12;/h3-6,8-11H,7H2,1-2H3;1H4/b10-6+;. The van der Waals surface area contributed by atoms with E-state index in [1.54, 1.807) is 0 Å². The molecule has 0 saturated carbocycles. The third kappa shape index (κ3) is 5.24. The van der Waals surface area contributed by atoms with Crippen molar-refractivity contribution < 1.29 is 0 Å². The zero-order valence-electron chi connectivity index (χ0n) is 7.83. The molecule has 0 bridgehead atoms. The fraction of sp³-hybridized carbons (Fsp3) is 0.385. The number of hydrogen-bond donors (Lipinski definition) is 0. The van der Waals surface area contributed by atoms with Gasteiger partial charge in [-0.05, 0) is 17.9 Å². The van der Waals surface area contributed by atoms with Gasteiger partial charge in [-0.25, -0.2) is 0 Å². The molecule has 13 heavy (non-hydrogen) atoms. The van der Waals surface area contributed by atoms with E-state index < -0.39 is 0 Å². The Morgan fingerprint density at radius 2 is 1.77 bits per heavy atom. The quantitative estimate of drug-likeness (QED) is 0.641. The molecule has 1 aromatic rings. The van der Waals surface area contributed by atoms with Gasteiger partial charge in [0.2, 0.25) is 0 Å². The zero-order chi connectivity index (χ0) is 8.81. The van der Waals surface area contributed by atoms with Crippen molar-refractivity contribution >= 4 is 6.08 Å². The van der Waals surface area contributed by atoms with Crippen molar-refractivity contribution in [3.05, 3.63) is 42.0 Å². The lowest BCUT2D eigenvalue weighted by atomic mass is 10.1. The predicted octanol–water partition coefficient (Wildman–Crippen LogP) is 4.38. The number of allylic oxidation sites excluding steroid dienone is 1. The van der Waals surface area contributed by atoms with Crippen LogP contribution in [0.15, 0.2) is 36.4 Å². The van der Waals surface area contributed by atoms with Gasteiger partial charge in [0.05, 0.1) is 0 Å². The molecule has 0 nitrogen and oxygen atoms in total. The van der Waals surface area contributed by atoms with E-state index >= 15 is 0 Å². The van der Waals surface area contributed by atoms with Gasteiger partial charge in [0, 0.05) is 0 Å². The molecule has 0 aliphatic carbocycles. The summed E-state index contributed by atoms with van der Waals surface area (Å²) in [6.07, 6.45) is 5.58.